The molecule has 134 valence electrons. The van der Waals surface area contributed by atoms with Gasteiger partial charge in [0.2, 0.25) is 0 Å². The average molecular weight is 378 g/mol. The first kappa shape index (κ1) is 17.1. The summed E-state index contributed by atoms with van der Waals surface area (Å²) in [5.41, 5.74) is 2.28. The summed E-state index contributed by atoms with van der Waals surface area (Å²) in [6, 6.07) is 20.2. The number of carbonyl (C=O) groups is 1. The van der Waals surface area contributed by atoms with Crippen molar-refractivity contribution in [3.63, 3.8) is 0 Å². The molecule has 0 aliphatic rings. The molecule has 0 aliphatic heterocycles. The molecule has 0 bridgehead atoms. The Morgan fingerprint density at radius 2 is 1.81 bits per heavy atom. The fraction of sp³-hybridized carbons (Fsp3) is 0.0476. The summed E-state index contributed by atoms with van der Waals surface area (Å²) in [6.45, 7) is 1.79. The highest BCUT2D eigenvalue weighted by atomic mass is 35.5. The molecular formula is C21H16ClN3O2. The molecule has 0 fully saturated rings. The fourth-order valence-corrected chi connectivity index (χ4v) is 3.02. The number of nitrogens with one attached hydrogen (secondary N) is 1. The van der Waals surface area contributed by atoms with Crippen LogP contribution in [0.3, 0.4) is 0 Å². The first-order valence-electron chi connectivity index (χ1n) is 8.39. The Labute approximate surface area is 161 Å². The molecule has 5 nitrogen and oxygen atoms in total. The summed E-state index contributed by atoms with van der Waals surface area (Å²) in [6.07, 6.45) is 1.74. The molecule has 4 aromatic rings. The van der Waals surface area contributed by atoms with E-state index in [2.05, 4.69) is 10.3 Å². The summed E-state index contributed by atoms with van der Waals surface area (Å²) in [5.74, 6) is 0.984. The van der Waals surface area contributed by atoms with E-state index in [-0.39, 0.29) is 5.91 Å². The second-order valence-corrected chi connectivity index (χ2v) is 6.42. The van der Waals surface area contributed by atoms with Gasteiger partial charge in [-0.05, 0) is 37.3 Å². The maximum absolute atomic E-state index is 12.9. The number of para-hydroxylation sites is 3. The van der Waals surface area contributed by atoms with Gasteiger partial charge in [-0.2, -0.15) is 0 Å². The number of imidazole rings is 1. The minimum absolute atomic E-state index is 0.272. The normalized spacial score (nSPS) is 10.7. The summed E-state index contributed by atoms with van der Waals surface area (Å²) >= 11 is 6.02. The Hall–Kier alpha value is -3.31. The minimum Gasteiger partial charge on any atom is -0.455 e. The molecule has 0 unspecified atom stereocenters. The molecule has 4 rings (SSSR count). The van der Waals surface area contributed by atoms with E-state index in [0.717, 1.165) is 0 Å². The number of nitrogens with zero attached hydrogens (tertiary/aromatic N) is 2. The van der Waals surface area contributed by atoms with Crippen LogP contribution in [0.2, 0.25) is 5.02 Å². The standard InChI is InChI=1S/C21H16ClN3O2/c1-14-20(25-12-11-15(22)13-19(25)23-14)21(26)24-17-9-5-6-10-18(17)27-16-7-3-2-4-8-16/h2-13H,1H3,(H,24,26). The van der Waals surface area contributed by atoms with Gasteiger partial charge >= 0.3 is 0 Å². The topological polar surface area (TPSA) is 55.6 Å². The first-order valence-corrected chi connectivity index (χ1v) is 8.77. The predicted molar refractivity (Wildman–Crippen MR) is 106 cm³/mol. The van der Waals surface area contributed by atoms with Crippen molar-refractivity contribution < 1.29 is 9.53 Å². The number of benzene rings is 2. The van der Waals surface area contributed by atoms with E-state index in [1.54, 1.807) is 35.7 Å². The Morgan fingerprint density at radius 1 is 1.07 bits per heavy atom. The number of ether oxygens (including phenoxy) is 1. The Kier molecular flexibility index (Phi) is 4.52. The van der Waals surface area contributed by atoms with Gasteiger partial charge in [0.15, 0.2) is 5.75 Å². The van der Waals surface area contributed by atoms with E-state index in [9.17, 15) is 4.79 Å². The van der Waals surface area contributed by atoms with Crippen molar-refractivity contribution in [1.82, 2.24) is 9.38 Å². The third-order valence-electron chi connectivity index (χ3n) is 4.08. The maximum Gasteiger partial charge on any atom is 0.274 e. The number of fused-ring (bicyclic) bond motifs is 1. The summed E-state index contributed by atoms with van der Waals surface area (Å²) in [5, 5.41) is 3.49. The van der Waals surface area contributed by atoms with Crippen molar-refractivity contribution >= 4 is 28.8 Å². The lowest BCUT2D eigenvalue weighted by atomic mass is 10.2. The van der Waals surface area contributed by atoms with Crippen molar-refractivity contribution in [3.05, 3.63) is 89.3 Å². The summed E-state index contributed by atoms with van der Waals surface area (Å²) in [4.78, 5) is 17.4. The number of halogens is 1. The highest BCUT2D eigenvalue weighted by molar-refractivity contribution is 6.30. The number of anilines is 1. The third kappa shape index (κ3) is 3.50. The number of amides is 1. The molecule has 0 spiro atoms. The third-order valence-corrected chi connectivity index (χ3v) is 4.32. The zero-order chi connectivity index (χ0) is 18.8. The first-order chi connectivity index (χ1) is 13.1. The van der Waals surface area contributed by atoms with E-state index in [1.807, 2.05) is 48.5 Å². The quantitative estimate of drug-likeness (QED) is 0.522. The number of hydrogen-bond donors (Lipinski definition) is 1. The molecule has 2 aromatic carbocycles. The second-order valence-electron chi connectivity index (χ2n) is 5.98. The van der Waals surface area contributed by atoms with Crippen LogP contribution in [-0.4, -0.2) is 15.3 Å². The van der Waals surface area contributed by atoms with Crippen LogP contribution < -0.4 is 10.1 Å². The van der Waals surface area contributed by atoms with Crippen LogP contribution in [0, 0.1) is 6.92 Å². The van der Waals surface area contributed by atoms with Crippen LogP contribution in [-0.2, 0) is 0 Å². The molecule has 27 heavy (non-hydrogen) atoms. The molecular weight excluding hydrogens is 362 g/mol. The zero-order valence-corrected chi connectivity index (χ0v) is 15.3. The van der Waals surface area contributed by atoms with Gasteiger partial charge < -0.3 is 10.1 Å². The van der Waals surface area contributed by atoms with E-state index in [4.69, 9.17) is 16.3 Å². The Morgan fingerprint density at radius 3 is 2.63 bits per heavy atom. The zero-order valence-electron chi connectivity index (χ0n) is 14.5. The monoisotopic (exact) mass is 377 g/mol. The van der Waals surface area contributed by atoms with Gasteiger partial charge in [-0.3, -0.25) is 9.20 Å². The van der Waals surface area contributed by atoms with Crippen molar-refractivity contribution in [2.45, 2.75) is 6.92 Å². The lowest BCUT2D eigenvalue weighted by molar-refractivity contribution is 0.102. The van der Waals surface area contributed by atoms with Crippen LogP contribution in [0.15, 0.2) is 72.9 Å². The molecule has 0 saturated heterocycles. The van der Waals surface area contributed by atoms with Gasteiger partial charge in [0.05, 0.1) is 11.4 Å². The number of aromatic nitrogens is 2. The highest BCUT2D eigenvalue weighted by Gasteiger charge is 2.18. The van der Waals surface area contributed by atoms with Crippen LogP contribution in [0.5, 0.6) is 11.5 Å². The molecule has 0 atom stereocenters. The van der Waals surface area contributed by atoms with Gasteiger partial charge in [-0.1, -0.05) is 41.9 Å². The summed E-state index contributed by atoms with van der Waals surface area (Å²) < 4.78 is 7.63. The Balaban J connectivity index is 1.65. The van der Waals surface area contributed by atoms with Crippen LogP contribution >= 0.6 is 11.6 Å². The molecule has 6 heteroatoms. The summed E-state index contributed by atoms with van der Waals surface area (Å²) in [7, 11) is 0. The SMILES string of the molecule is Cc1nc2cc(Cl)ccn2c1C(=O)Nc1ccccc1Oc1ccccc1. The number of hydrogen-bond acceptors (Lipinski definition) is 3. The second kappa shape index (κ2) is 7.13. The smallest absolute Gasteiger partial charge is 0.274 e. The molecule has 2 heterocycles. The predicted octanol–water partition coefficient (Wildman–Crippen LogP) is 5.34. The number of pyridine rings is 1. The van der Waals surface area contributed by atoms with Crippen molar-refractivity contribution in [3.8, 4) is 11.5 Å². The maximum atomic E-state index is 12.9. The lowest BCUT2D eigenvalue weighted by Gasteiger charge is -2.12. The van der Waals surface area contributed by atoms with E-state index < -0.39 is 0 Å². The van der Waals surface area contributed by atoms with Crippen LogP contribution in [0.4, 0.5) is 5.69 Å². The van der Waals surface area contributed by atoms with E-state index in [0.29, 0.717) is 39.2 Å². The van der Waals surface area contributed by atoms with Gasteiger partial charge in [0.1, 0.15) is 17.1 Å². The molecule has 0 saturated carbocycles. The van der Waals surface area contributed by atoms with Gasteiger partial charge in [0.25, 0.3) is 5.91 Å². The molecule has 1 N–H and O–H groups in total. The van der Waals surface area contributed by atoms with E-state index >= 15 is 0 Å². The molecule has 0 radical (unpaired) electrons. The van der Waals surface area contributed by atoms with Crippen molar-refractivity contribution in [2.24, 2.45) is 0 Å². The van der Waals surface area contributed by atoms with Gasteiger partial charge in [-0.15, -0.1) is 0 Å². The highest BCUT2D eigenvalue weighted by Crippen LogP contribution is 2.29. The van der Waals surface area contributed by atoms with Crippen LogP contribution in [0.1, 0.15) is 16.2 Å². The molecule has 0 aliphatic carbocycles. The molecule has 1 amide bonds. The van der Waals surface area contributed by atoms with E-state index in [1.165, 1.54) is 0 Å². The van der Waals surface area contributed by atoms with Gasteiger partial charge in [0, 0.05) is 17.3 Å². The number of rotatable bonds is 4. The van der Waals surface area contributed by atoms with Crippen LogP contribution in [0.25, 0.3) is 5.65 Å². The minimum atomic E-state index is -0.272. The molecule has 2 aromatic heterocycles. The van der Waals surface area contributed by atoms with Crippen molar-refractivity contribution in [2.75, 3.05) is 5.32 Å². The number of carbonyl (C=O) groups excluding carboxylic acids is 1. The van der Waals surface area contributed by atoms with Crippen molar-refractivity contribution in [1.29, 1.82) is 0 Å². The average Bonchev–Trinajstić information content (AvgIpc) is 2.99. The lowest BCUT2D eigenvalue weighted by Crippen LogP contribution is -2.16. The largest absolute Gasteiger partial charge is 0.455 e. The Bertz CT molecular complexity index is 1120. The number of aryl methyl sites for hydroxylation is 1. The van der Waals surface area contributed by atoms with Gasteiger partial charge in [-0.25, -0.2) is 4.98 Å². The fourth-order valence-electron chi connectivity index (χ4n) is 2.87.